The third kappa shape index (κ3) is 3.96. The van der Waals surface area contributed by atoms with Gasteiger partial charge < -0.3 is 9.84 Å². The minimum atomic E-state index is -3.55. The highest BCUT2D eigenvalue weighted by Crippen LogP contribution is 2.26. The van der Waals surface area contributed by atoms with Crippen LogP contribution in [0.15, 0.2) is 29.2 Å². The lowest BCUT2D eigenvalue weighted by molar-refractivity contribution is 0.00940. The number of nitrogens with zero attached hydrogens (tertiary/aromatic N) is 1. The van der Waals surface area contributed by atoms with Crippen molar-refractivity contribution in [1.29, 1.82) is 0 Å². The molecule has 1 aromatic rings. The Kier molecular flexibility index (Phi) is 4.91. The van der Waals surface area contributed by atoms with E-state index in [1.807, 2.05) is 6.92 Å². The molecule has 0 amide bonds. The molecule has 1 aromatic carbocycles. The minimum Gasteiger partial charge on any atom is -0.494 e. The normalized spacial score (nSPS) is 24.0. The maximum absolute atomic E-state index is 12.6. The molecular formula is C15H23NO4S. The standard InChI is InChI=1S/C15H23NO4S/c1-3-11-20-13-5-7-14(8-6-13)21(18,19)16-10-4-9-15(2,17)12-16/h5-8,17H,3-4,9-12H2,1-2H3. The second-order valence-corrected chi connectivity index (χ2v) is 7.70. The highest BCUT2D eigenvalue weighted by Gasteiger charge is 2.35. The van der Waals surface area contributed by atoms with E-state index in [4.69, 9.17) is 4.74 Å². The topological polar surface area (TPSA) is 66.8 Å². The molecule has 0 radical (unpaired) electrons. The van der Waals surface area contributed by atoms with Crippen LogP contribution in [0.2, 0.25) is 0 Å². The van der Waals surface area contributed by atoms with Crippen LogP contribution in [0.25, 0.3) is 0 Å². The Morgan fingerprint density at radius 2 is 2.00 bits per heavy atom. The number of aliphatic hydroxyl groups is 1. The number of β-amino-alcohol motifs (C(OH)–C–C–N with tert-alkyl or cyclic N) is 1. The highest BCUT2D eigenvalue weighted by atomic mass is 32.2. The van der Waals surface area contributed by atoms with Crippen molar-refractivity contribution in [3.63, 3.8) is 0 Å². The van der Waals surface area contributed by atoms with Gasteiger partial charge in [0.1, 0.15) is 5.75 Å². The van der Waals surface area contributed by atoms with Crippen LogP contribution >= 0.6 is 0 Å². The second kappa shape index (κ2) is 6.34. The zero-order chi connectivity index (χ0) is 15.5. The van der Waals surface area contributed by atoms with Crippen LogP contribution in [0.5, 0.6) is 5.75 Å². The van der Waals surface area contributed by atoms with E-state index in [1.54, 1.807) is 31.2 Å². The fraction of sp³-hybridized carbons (Fsp3) is 0.600. The van der Waals surface area contributed by atoms with Gasteiger partial charge in [0.05, 0.1) is 17.1 Å². The molecule has 1 unspecified atom stereocenters. The summed E-state index contributed by atoms with van der Waals surface area (Å²) in [5.41, 5.74) is -0.949. The monoisotopic (exact) mass is 313 g/mol. The van der Waals surface area contributed by atoms with Gasteiger partial charge in [0.25, 0.3) is 0 Å². The van der Waals surface area contributed by atoms with E-state index in [9.17, 15) is 13.5 Å². The number of benzene rings is 1. The molecule has 2 rings (SSSR count). The lowest BCUT2D eigenvalue weighted by atomic mass is 9.97. The van der Waals surface area contributed by atoms with Crippen molar-refractivity contribution in [2.24, 2.45) is 0 Å². The largest absolute Gasteiger partial charge is 0.494 e. The summed E-state index contributed by atoms with van der Waals surface area (Å²) in [6.07, 6.45) is 2.20. The molecule has 0 bridgehead atoms. The summed E-state index contributed by atoms with van der Waals surface area (Å²) in [5, 5.41) is 10.1. The molecule has 0 spiro atoms. The van der Waals surface area contributed by atoms with Gasteiger partial charge in [-0.2, -0.15) is 4.31 Å². The summed E-state index contributed by atoms with van der Waals surface area (Å²) >= 11 is 0. The Balaban J connectivity index is 2.15. The Bertz CT molecular complexity index is 566. The third-order valence-electron chi connectivity index (χ3n) is 3.57. The molecule has 1 aliphatic heterocycles. The molecule has 0 aliphatic carbocycles. The summed E-state index contributed by atoms with van der Waals surface area (Å²) in [4.78, 5) is 0.240. The predicted octanol–water partition coefficient (Wildman–Crippen LogP) is 2.01. The molecule has 5 nitrogen and oxygen atoms in total. The van der Waals surface area contributed by atoms with Crippen molar-refractivity contribution in [1.82, 2.24) is 4.31 Å². The molecule has 1 aliphatic rings. The summed E-state index contributed by atoms with van der Waals surface area (Å²) in [6, 6.07) is 6.46. The van der Waals surface area contributed by atoms with E-state index in [0.29, 0.717) is 31.7 Å². The Morgan fingerprint density at radius 1 is 1.33 bits per heavy atom. The Labute approximate surface area is 126 Å². The highest BCUT2D eigenvalue weighted by molar-refractivity contribution is 7.89. The van der Waals surface area contributed by atoms with Gasteiger partial charge in [0.2, 0.25) is 10.0 Å². The fourth-order valence-electron chi connectivity index (χ4n) is 2.46. The van der Waals surface area contributed by atoms with Gasteiger partial charge in [-0.3, -0.25) is 0 Å². The van der Waals surface area contributed by atoms with E-state index >= 15 is 0 Å². The first-order valence-electron chi connectivity index (χ1n) is 7.30. The van der Waals surface area contributed by atoms with E-state index in [1.165, 1.54) is 4.31 Å². The first-order chi connectivity index (χ1) is 9.85. The molecule has 6 heteroatoms. The predicted molar refractivity (Wildman–Crippen MR) is 80.8 cm³/mol. The third-order valence-corrected chi connectivity index (χ3v) is 5.43. The quantitative estimate of drug-likeness (QED) is 0.903. The number of piperidine rings is 1. The minimum absolute atomic E-state index is 0.142. The molecule has 0 aromatic heterocycles. The second-order valence-electron chi connectivity index (χ2n) is 5.76. The SMILES string of the molecule is CCCOc1ccc(S(=O)(=O)N2CCCC(C)(O)C2)cc1. The lowest BCUT2D eigenvalue weighted by Gasteiger charge is -2.35. The molecule has 1 saturated heterocycles. The summed E-state index contributed by atoms with van der Waals surface area (Å²) in [5.74, 6) is 0.668. The smallest absolute Gasteiger partial charge is 0.243 e. The van der Waals surface area contributed by atoms with Gasteiger partial charge in [-0.15, -0.1) is 0 Å². The van der Waals surface area contributed by atoms with Crippen LogP contribution in [0.4, 0.5) is 0 Å². The van der Waals surface area contributed by atoms with Crippen LogP contribution in [0.3, 0.4) is 0 Å². The zero-order valence-electron chi connectivity index (χ0n) is 12.6. The number of sulfonamides is 1. The van der Waals surface area contributed by atoms with Crippen LogP contribution in [-0.4, -0.2) is 43.1 Å². The van der Waals surface area contributed by atoms with Crippen LogP contribution in [-0.2, 0) is 10.0 Å². The zero-order valence-corrected chi connectivity index (χ0v) is 13.4. The number of rotatable bonds is 5. The van der Waals surface area contributed by atoms with Crippen molar-refractivity contribution in [3.05, 3.63) is 24.3 Å². The summed E-state index contributed by atoms with van der Waals surface area (Å²) in [7, 11) is -3.55. The van der Waals surface area contributed by atoms with E-state index in [2.05, 4.69) is 0 Å². The maximum Gasteiger partial charge on any atom is 0.243 e. The van der Waals surface area contributed by atoms with Gasteiger partial charge in [0, 0.05) is 13.1 Å². The van der Waals surface area contributed by atoms with Gasteiger partial charge in [-0.05, 0) is 50.5 Å². The van der Waals surface area contributed by atoms with E-state index < -0.39 is 15.6 Å². The molecule has 0 saturated carbocycles. The van der Waals surface area contributed by atoms with E-state index in [-0.39, 0.29) is 11.4 Å². The van der Waals surface area contributed by atoms with Crippen LogP contribution < -0.4 is 4.74 Å². The van der Waals surface area contributed by atoms with E-state index in [0.717, 1.165) is 6.42 Å². The molecule has 21 heavy (non-hydrogen) atoms. The van der Waals surface area contributed by atoms with Crippen molar-refractivity contribution < 1.29 is 18.3 Å². The van der Waals surface area contributed by atoms with Crippen molar-refractivity contribution in [2.75, 3.05) is 19.7 Å². The Morgan fingerprint density at radius 3 is 2.57 bits per heavy atom. The first-order valence-corrected chi connectivity index (χ1v) is 8.74. The average Bonchev–Trinajstić information content (AvgIpc) is 2.44. The van der Waals surface area contributed by atoms with Crippen LogP contribution in [0.1, 0.15) is 33.1 Å². The van der Waals surface area contributed by atoms with Gasteiger partial charge >= 0.3 is 0 Å². The molecule has 118 valence electrons. The first kappa shape index (κ1) is 16.3. The molecule has 1 N–H and O–H groups in total. The van der Waals surface area contributed by atoms with Gasteiger partial charge in [-0.25, -0.2) is 8.42 Å². The molecule has 1 atom stereocenters. The number of hydrogen-bond acceptors (Lipinski definition) is 4. The number of ether oxygens (including phenoxy) is 1. The number of hydrogen-bond donors (Lipinski definition) is 1. The average molecular weight is 313 g/mol. The van der Waals surface area contributed by atoms with Crippen LogP contribution in [0, 0.1) is 0 Å². The fourth-order valence-corrected chi connectivity index (χ4v) is 4.05. The van der Waals surface area contributed by atoms with Crippen molar-refractivity contribution >= 4 is 10.0 Å². The van der Waals surface area contributed by atoms with Gasteiger partial charge in [0.15, 0.2) is 0 Å². The molecule has 1 heterocycles. The van der Waals surface area contributed by atoms with Crippen molar-refractivity contribution in [3.8, 4) is 5.75 Å². The molecular weight excluding hydrogens is 290 g/mol. The maximum atomic E-state index is 12.6. The van der Waals surface area contributed by atoms with Gasteiger partial charge in [-0.1, -0.05) is 6.92 Å². The summed E-state index contributed by atoms with van der Waals surface area (Å²) < 4.78 is 32.0. The summed E-state index contributed by atoms with van der Waals surface area (Å²) in [6.45, 7) is 4.90. The Hall–Kier alpha value is -1.11. The molecule has 1 fully saturated rings. The van der Waals surface area contributed by atoms with Crippen molar-refractivity contribution in [2.45, 2.75) is 43.6 Å². The lowest BCUT2D eigenvalue weighted by Crippen LogP contribution is -2.48.